The molecule has 27 heavy (non-hydrogen) atoms. The van der Waals surface area contributed by atoms with Gasteiger partial charge in [-0.05, 0) is 50.6 Å². The lowest BCUT2D eigenvalue weighted by Crippen LogP contribution is -2.37. The molecule has 1 atom stereocenters. The third kappa shape index (κ3) is 3.86. The van der Waals surface area contributed by atoms with Gasteiger partial charge in [0, 0.05) is 11.9 Å². The molecule has 0 bridgehead atoms. The molecule has 1 aliphatic rings. The van der Waals surface area contributed by atoms with E-state index in [-0.39, 0.29) is 11.9 Å². The first-order chi connectivity index (χ1) is 13.2. The van der Waals surface area contributed by atoms with Gasteiger partial charge in [0.05, 0.1) is 22.8 Å². The molecule has 1 saturated heterocycles. The Bertz CT molecular complexity index is 933. The van der Waals surface area contributed by atoms with Gasteiger partial charge in [0.15, 0.2) is 0 Å². The van der Waals surface area contributed by atoms with Crippen LogP contribution in [0.5, 0.6) is 0 Å². The van der Waals surface area contributed by atoms with Crippen LogP contribution in [-0.4, -0.2) is 35.4 Å². The number of fused-ring (bicyclic) bond motifs is 1. The second kappa shape index (κ2) is 7.89. The van der Waals surface area contributed by atoms with Gasteiger partial charge in [-0.1, -0.05) is 48.5 Å². The molecule has 138 valence electrons. The first kappa shape index (κ1) is 17.7. The Labute approximate surface area is 160 Å². The fourth-order valence-electron chi connectivity index (χ4n) is 3.91. The number of likely N-dealkylation sites (tertiary alicyclic amines) is 1. The minimum Gasteiger partial charge on any atom is -0.350 e. The van der Waals surface area contributed by atoms with Crippen molar-refractivity contribution in [2.45, 2.75) is 25.8 Å². The normalized spacial score (nSPS) is 15.7. The molecule has 3 aromatic rings. The van der Waals surface area contributed by atoms with Gasteiger partial charge >= 0.3 is 0 Å². The van der Waals surface area contributed by atoms with Gasteiger partial charge < -0.3 is 5.32 Å². The van der Waals surface area contributed by atoms with Crippen molar-refractivity contribution >= 4 is 16.8 Å². The Hall–Kier alpha value is -2.72. The number of hydrogen-bond acceptors (Lipinski definition) is 3. The molecular weight excluding hydrogens is 334 g/mol. The maximum Gasteiger partial charge on any atom is 0.253 e. The van der Waals surface area contributed by atoms with Crippen LogP contribution in [-0.2, 0) is 0 Å². The van der Waals surface area contributed by atoms with E-state index in [9.17, 15) is 4.79 Å². The SMILES string of the molecule is Cc1nc2ccccc2cc1C(=O)NCC(c1ccccc1)N1CCCC1. The van der Waals surface area contributed by atoms with E-state index in [4.69, 9.17) is 0 Å². The number of aryl methyl sites for hydroxylation is 1. The van der Waals surface area contributed by atoms with Gasteiger partial charge in [0.25, 0.3) is 5.91 Å². The van der Waals surface area contributed by atoms with Crippen LogP contribution < -0.4 is 5.32 Å². The zero-order chi connectivity index (χ0) is 18.6. The summed E-state index contributed by atoms with van der Waals surface area (Å²) in [6, 6.07) is 20.5. The number of pyridine rings is 1. The summed E-state index contributed by atoms with van der Waals surface area (Å²) in [4.78, 5) is 20.0. The fraction of sp³-hybridized carbons (Fsp3) is 0.304. The van der Waals surface area contributed by atoms with E-state index in [0.29, 0.717) is 12.1 Å². The van der Waals surface area contributed by atoms with Crippen LogP contribution in [0, 0.1) is 6.92 Å². The highest BCUT2D eigenvalue weighted by Gasteiger charge is 2.24. The molecule has 1 aliphatic heterocycles. The van der Waals surface area contributed by atoms with Gasteiger partial charge in [-0.3, -0.25) is 14.7 Å². The molecule has 4 heteroatoms. The largest absolute Gasteiger partial charge is 0.350 e. The predicted molar refractivity (Wildman–Crippen MR) is 109 cm³/mol. The molecular formula is C23H25N3O. The van der Waals surface area contributed by atoms with Crippen LogP contribution >= 0.6 is 0 Å². The molecule has 0 saturated carbocycles. The van der Waals surface area contributed by atoms with Crippen molar-refractivity contribution in [1.29, 1.82) is 0 Å². The number of amides is 1. The van der Waals surface area contributed by atoms with E-state index in [1.54, 1.807) is 0 Å². The number of aromatic nitrogens is 1. The highest BCUT2D eigenvalue weighted by Crippen LogP contribution is 2.24. The molecule has 4 rings (SSSR count). The Balaban J connectivity index is 1.54. The van der Waals surface area contributed by atoms with Crippen LogP contribution in [0.4, 0.5) is 0 Å². The number of benzene rings is 2. The molecule has 1 aromatic heterocycles. The van der Waals surface area contributed by atoms with E-state index < -0.39 is 0 Å². The lowest BCUT2D eigenvalue weighted by Gasteiger charge is -2.28. The van der Waals surface area contributed by atoms with Crippen LogP contribution in [0.2, 0.25) is 0 Å². The average molecular weight is 359 g/mol. The molecule has 1 unspecified atom stereocenters. The Kier molecular flexibility index (Phi) is 5.16. The topological polar surface area (TPSA) is 45.2 Å². The molecule has 1 N–H and O–H groups in total. The maximum absolute atomic E-state index is 12.9. The molecule has 0 spiro atoms. The quantitative estimate of drug-likeness (QED) is 0.746. The lowest BCUT2D eigenvalue weighted by molar-refractivity contribution is 0.0937. The minimum atomic E-state index is -0.0501. The van der Waals surface area contributed by atoms with Crippen molar-refractivity contribution in [3.63, 3.8) is 0 Å². The summed E-state index contributed by atoms with van der Waals surface area (Å²) in [6.45, 7) is 4.68. The van der Waals surface area contributed by atoms with E-state index in [0.717, 1.165) is 29.7 Å². The van der Waals surface area contributed by atoms with Gasteiger partial charge in [-0.15, -0.1) is 0 Å². The number of carbonyl (C=O) groups excluding carboxylic acids is 1. The summed E-state index contributed by atoms with van der Waals surface area (Å²) in [7, 11) is 0. The third-order valence-corrected chi connectivity index (χ3v) is 5.38. The predicted octanol–water partition coefficient (Wildman–Crippen LogP) is 4.11. The summed E-state index contributed by atoms with van der Waals surface area (Å²) in [6.07, 6.45) is 2.45. The number of nitrogens with one attached hydrogen (secondary N) is 1. The van der Waals surface area contributed by atoms with Crippen LogP contribution in [0.1, 0.15) is 40.5 Å². The molecule has 2 heterocycles. The summed E-state index contributed by atoms with van der Waals surface area (Å²) in [5, 5.41) is 4.15. The van der Waals surface area contributed by atoms with Crippen molar-refractivity contribution in [2.24, 2.45) is 0 Å². The van der Waals surface area contributed by atoms with Gasteiger partial charge in [-0.2, -0.15) is 0 Å². The van der Waals surface area contributed by atoms with Crippen molar-refractivity contribution < 1.29 is 4.79 Å². The Morgan fingerprint density at radius 2 is 1.78 bits per heavy atom. The molecule has 4 nitrogen and oxygen atoms in total. The monoisotopic (exact) mass is 359 g/mol. The summed E-state index contributed by atoms with van der Waals surface area (Å²) in [5.41, 5.74) is 3.60. The summed E-state index contributed by atoms with van der Waals surface area (Å²) in [5.74, 6) is -0.0501. The van der Waals surface area contributed by atoms with E-state index in [1.807, 2.05) is 43.3 Å². The standard InChI is InChI=1S/C23H25N3O/c1-17-20(15-19-11-5-6-12-21(19)25-17)23(27)24-16-22(26-13-7-8-14-26)18-9-3-2-4-10-18/h2-6,9-12,15,22H,7-8,13-14,16H2,1H3,(H,24,27). The molecule has 0 aliphatic carbocycles. The van der Waals surface area contributed by atoms with Crippen molar-refractivity contribution in [2.75, 3.05) is 19.6 Å². The summed E-state index contributed by atoms with van der Waals surface area (Å²) >= 11 is 0. The number of nitrogens with zero attached hydrogens (tertiary/aromatic N) is 2. The van der Waals surface area contributed by atoms with Gasteiger partial charge in [0.1, 0.15) is 0 Å². The number of para-hydroxylation sites is 1. The van der Waals surface area contributed by atoms with E-state index in [2.05, 4.69) is 39.5 Å². The highest BCUT2D eigenvalue weighted by molar-refractivity contribution is 5.98. The fourth-order valence-corrected chi connectivity index (χ4v) is 3.91. The maximum atomic E-state index is 12.9. The van der Waals surface area contributed by atoms with Gasteiger partial charge in [0.2, 0.25) is 0 Å². The molecule has 1 fully saturated rings. The van der Waals surface area contributed by atoms with Crippen LogP contribution in [0.25, 0.3) is 10.9 Å². The Morgan fingerprint density at radius 1 is 1.07 bits per heavy atom. The lowest BCUT2D eigenvalue weighted by atomic mass is 10.0. The van der Waals surface area contributed by atoms with E-state index in [1.165, 1.54) is 18.4 Å². The molecule has 0 radical (unpaired) electrons. The zero-order valence-electron chi connectivity index (χ0n) is 15.7. The smallest absolute Gasteiger partial charge is 0.253 e. The second-order valence-electron chi connectivity index (χ2n) is 7.19. The number of carbonyl (C=O) groups is 1. The highest BCUT2D eigenvalue weighted by atomic mass is 16.1. The first-order valence-corrected chi connectivity index (χ1v) is 9.66. The first-order valence-electron chi connectivity index (χ1n) is 9.66. The molecule has 1 amide bonds. The third-order valence-electron chi connectivity index (χ3n) is 5.38. The minimum absolute atomic E-state index is 0.0501. The number of hydrogen-bond donors (Lipinski definition) is 1. The van der Waals surface area contributed by atoms with Crippen molar-refractivity contribution in [1.82, 2.24) is 15.2 Å². The average Bonchev–Trinajstić information content (AvgIpc) is 3.23. The van der Waals surface area contributed by atoms with Gasteiger partial charge in [-0.25, -0.2) is 0 Å². The Morgan fingerprint density at radius 3 is 2.56 bits per heavy atom. The van der Waals surface area contributed by atoms with Crippen molar-refractivity contribution in [3.8, 4) is 0 Å². The number of rotatable bonds is 5. The molecule has 2 aromatic carbocycles. The van der Waals surface area contributed by atoms with Crippen molar-refractivity contribution in [3.05, 3.63) is 77.5 Å². The van der Waals surface area contributed by atoms with Crippen LogP contribution in [0.3, 0.4) is 0 Å². The second-order valence-corrected chi connectivity index (χ2v) is 7.19. The zero-order valence-corrected chi connectivity index (χ0v) is 15.7. The summed E-state index contributed by atoms with van der Waals surface area (Å²) < 4.78 is 0. The van der Waals surface area contributed by atoms with E-state index >= 15 is 0 Å². The van der Waals surface area contributed by atoms with Crippen LogP contribution in [0.15, 0.2) is 60.7 Å².